The van der Waals surface area contributed by atoms with Gasteiger partial charge < -0.3 is 5.32 Å². The van der Waals surface area contributed by atoms with E-state index in [2.05, 4.69) is 10.3 Å². The summed E-state index contributed by atoms with van der Waals surface area (Å²) in [6, 6.07) is 8.11. The number of hydrogen-bond donors (Lipinski definition) is 1. The van der Waals surface area contributed by atoms with Gasteiger partial charge in [0.1, 0.15) is 5.69 Å². The third-order valence-corrected chi connectivity index (χ3v) is 3.29. The lowest BCUT2D eigenvalue weighted by Crippen LogP contribution is -2.23. The first-order chi connectivity index (χ1) is 8.16. The molecule has 0 bridgehead atoms. The number of aryl methyl sites for hydroxylation is 2. The van der Waals surface area contributed by atoms with Crippen LogP contribution >= 0.6 is 11.3 Å². The molecule has 1 aromatic heterocycles. The second-order valence-electron chi connectivity index (χ2n) is 3.93. The van der Waals surface area contributed by atoms with Gasteiger partial charge in [0.2, 0.25) is 0 Å². The highest BCUT2D eigenvalue weighted by Crippen LogP contribution is 2.11. The van der Waals surface area contributed by atoms with E-state index in [0.29, 0.717) is 12.2 Å². The van der Waals surface area contributed by atoms with Gasteiger partial charge in [0.15, 0.2) is 0 Å². The van der Waals surface area contributed by atoms with E-state index in [9.17, 15) is 4.79 Å². The number of aromatic nitrogens is 1. The van der Waals surface area contributed by atoms with Crippen LogP contribution in [0.1, 0.15) is 26.5 Å². The Morgan fingerprint density at radius 1 is 1.29 bits per heavy atom. The predicted octanol–water partition coefficient (Wildman–Crippen LogP) is 2.69. The van der Waals surface area contributed by atoms with E-state index in [0.717, 1.165) is 10.4 Å². The first kappa shape index (κ1) is 11.8. The van der Waals surface area contributed by atoms with Crippen LogP contribution in [0, 0.1) is 13.8 Å². The second-order valence-corrected chi connectivity index (χ2v) is 4.98. The monoisotopic (exact) mass is 246 g/mol. The topological polar surface area (TPSA) is 42.0 Å². The molecule has 1 amide bonds. The van der Waals surface area contributed by atoms with Gasteiger partial charge in [-0.1, -0.05) is 29.8 Å². The summed E-state index contributed by atoms with van der Waals surface area (Å²) in [6.45, 7) is 4.48. The highest BCUT2D eigenvalue weighted by atomic mass is 32.1. The van der Waals surface area contributed by atoms with Crippen LogP contribution in [0.2, 0.25) is 0 Å². The average molecular weight is 246 g/mol. The molecule has 1 aromatic carbocycles. The minimum Gasteiger partial charge on any atom is -0.347 e. The van der Waals surface area contributed by atoms with E-state index >= 15 is 0 Å². The average Bonchev–Trinajstić information content (AvgIpc) is 2.74. The summed E-state index contributed by atoms with van der Waals surface area (Å²) in [5.74, 6) is -0.107. The molecular weight excluding hydrogens is 232 g/mol. The van der Waals surface area contributed by atoms with Crippen LogP contribution in [0.5, 0.6) is 0 Å². The van der Waals surface area contributed by atoms with Crippen LogP contribution in [0.3, 0.4) is 0 Å². The minimum absolute atomic E-state index is 0.107. The van der Waals surface area contributed by atoms with E-state index < -0.39 is 0 Å². The van der Waals surface area contributed by atoms with E-state index in [-0.39, 0.29) is 5.91 Å². The van der Waals surface area contributed by atoms with Crippen molar-refractivity contribution in [1.82, 2.24) is 10.3 Å². The Balaban J connectivity index is 1.97. The predicted molar refractivity (Wildman–Crippen MR) is 69.2 cm³/mol. The zero-order valence-electron chi connectivity index (χ0n) is 9.86. The van der Waals surface area contributed by atoms with Gasteiger partial charge in [-0.3, -0.25) is 4.79 Å². The van der Waals surface area contributed by atoms with Gasteiger partial charge in [0.05, 0.1) is 5.51 Å². The summed E-state index contributed by atoms with van der Waals surface area (Å²) in [6.07, 6.45) is 0. The maximum absolute atomic E-state index is 11.8. The highest BCUT2D eigenvalue weighted by Gasteiger charge is 2.10. The van der Waals surface area contributed by atoms with Crippen molar-refractivity contribution in [3.63, 3.8) is 0 Å². The number of amides is 1. The van der Waals surface area contributed by atoms with Gasteiger partial charge >= 0.3 is 0 Å². The van der Waals surface area contributed by atoms with Gasteiger partial charge in [0, 0.05) is 11.4 Å². The standard InChI is InChI=1S/C13H14N2OS/c1-9-3-5-11(6-4-9)7-14-13(16)12-10(2)17-8-15-12/h3-6,8H,7H2,1-2H3,(H,14,16). The number of carbonyl (C=O) groups excluding carboxylic acids is 1. The third kappa shape index (κ3) is 2.91. The molecule has 0 spiro atoms. The van der Waals surface area contributed by atoms with Gasteiger partial charge in [0.25, 0.3) is 5.91 Å². The van der Waals surface area contributed by atoms with Crippen molar-refractivity contribution in [1.29, 1.82) is 0 Å². The van der Waals surface area contributed by atoms with Crippen LogP contribution in [-0.2, 0) is 6.54 Å². The number of nitrogens with zero attached hydrogens (tertiary/aromatic N) is 1. The fourth-order valence-electron chi connectivity index (χ4n) is 1.50. The maximum atomic E-state index is 11.8. The van der Waals surface area contributed by atoms with Crippen molar-refractivity contribution >= 4 is 17.2 Å². The van der Waals surface area contributed by atoms with Crippen LogP contribution in [0.15, 0.2) is 29.8 Å². The number of hydrogen-bond acceptors (Lipinski definition) is 3. The molecule has 1 N–H and O–H groups in total. The molecule has 0 saturated heterocycles. The molecule has 1 heterocycles. The van der Waals surface area contributed by atoms with Gasteiger partial charge in [-0.2, -0.15) is 0 Å². The number of benzene rings is 1. The Kier molecular flexibility index (Phi) is 3.54. The van der Waals surface area contributed by atoms with Gasteiger partial charge in [-0.15, -0.1) is 11.3 Å². The van der Waals surface area contributed by atoms with Gasteiger partial charge in [-0.05, 0) is 19.4 Å². The molecule has 0 saturated carbocycles. The Hall–Kier alpha value is -1.68. The number of nitrogens with one attached hydrogen (secondary N) is 1. The molecule has 0 fully saturated rings. The number of carbonyl (C=O) groups is 1. The van der Waals surface area contributed by atoms with Crippen LogP contribution < -0.4 is 5.32 Å². The highest BCUT2D eigenvalue weighted by molar-refractivity contribution is 7.09. The smallest absolute Gasteiger partial charge is 0.271 e. The quantitative estimate of drug-likeness (QED) is 0.904. The SMILES string of the molecule is Cc1ccc(CNC(=O)c2ncsc2C)cc1. The van der Waals surface area contributed by atoms with Crippen LogP contribution in [-0.4, -0.2) is 10.9 Å². The number of thiazole rings is 1. The molecule has 17 heavy (non-hydrogen) atoms. The second kappa shape index (κ2) is 5.10. The summed E-state index contributed by atoms with van der Waals surface area (Å²) in [5.41, 5.74) is 4.53. The van der Waals surface area contributed by atoms with Crippen molar-refractivity contribution in [3.8, 4) is 0 Å². The van der Waals surface area contributed by atoms with E-state index in [4.69, 9.17) is 0 Å². The molecular formula is C13H14N2OS. The lowest BCUT2D eigenvalue weighted by atomic mass is 10.1. The van der Waals surface area contributed by atoms with Crippen molar-refractivity contribution in [2.24, 2.45) is 0 Å². The molecule has 0 radical (unpaired) electrons. The Bertz CT molecular complexity index is 516. The molecule has 3 nitrogen and oxygen atoms in total. The molecule has 0 aliphatic rings. The summed E-state index contributed by atoms with van der Waals surface area (Å²) >= 11 is 1.48. The van der Waals surface area contributed by atoms with Gasteiger partial charge in [-0.25, -0.2) is 4.98 Å². The Morgan fingerprint density at radius 2 is 2.00 bits per heavy atom. The molecule has 0 atom stereocenters. The fourth-order valence-corrected chi connectivity index (χ4v) is 2.07. The van der Waals surface area contributed by atoms with Crippen molar-refractivity contribution in [2.45, 2.75) is 20.4 Å². The van der Waals surface area contributed by atoms with E-state index in [1.807, 2.05) is 38.1 Å². The van der Waals surface area contributed by atoms with Crippen molar-refractivity contribution < 1.29 is 4.79 Å². The Morgan fingerprint density at radius 3 is 2.59 bits per heavy atom. The number of rotatable bonds is 3. The molecule has 0 unspecified atom stereocenters. The normalized spacial score (nSPS) is 10.2. The first-order valence-corrected chi connectivity index (χ1v) is 6.28. The minimum atomic E-state index is -0.107. The van der Waals surface area contributed by atoms with Crippen molar-refractivity contribution in [2.75, 3.05) is 0 Å². The van der Waals surface area contributed by atoms with Crippen LogP contribution in [0.4, 0.5) is 0 Å². The molecule has 4 heteroatoms. The third-order valence-electron chi connectivity index (χ3n) is 2.53. The Labute approximate surface area is 105 Å². The fraction of sp³-hybridized carbons (Fsp3) is 0.231. The summed E-state index contributed by atoms with van der Waals surface area (Å²) in [7, 11) is 0. The van der Waals surface area contributed by atoms with E-state index in [1.54, 1.807) is 5.51 Å². The summed E-state index contributed by atoms with van der Waals surface area (Å²) < 4.78 is 0. The van der Waals surface area contributed by atoms with E-state index in [1.165, 1.54) is 16.9 Å². The largest absolute Gasteiger partial charge is 0.347 e. The van der Waals surface area contributed by atoms with Crippen LogP contribution in [0.25, 0.3) is 0 Å². The summed E-state index contributed by atoms with van der Waals surface area (Å²) in [4.78, 5) is 16.8. The zero-order valence-corrected chi connectivity index (χ0v) is 10.7. The molecule has 2 aromatic rings. The van der Waals surface area contributed by atoms with Crippen molar-refractivity contribution in [3.05, 3.63) is 51.5 Å². The lowest BCUT2D eigenvalue weighted by Gasteiger charge is -2.04. The first-order valence-electron chi connectivity index (χ1n) is 5.40. The summed E-state index contributed by atoms with van der Waals surface area (Å²) in [5, 5.41) is 2.87. The zero-order chi connectivity index (χ0) is 12.3. The lowest BCUT2D eigenvalue weighted by molar-refractivity contribution is 0.0946. The molecule has 0 aliphatic carbocycles. The molecule has 2 rings (SSSR count). The molecule has 88 valence electrons. The maximum Gasteiger partial charge on any atom is 0.271 e. The molecule has 0 aliphatic heterocycles.